The van der Waals surface area contributed by atoms with Gasteiger partial charge in [0, 0.05) is 49.6 Å². The lowest BCUT2D eigenvalue weighted by Crippen LogP contribution is -2.45. The zero-order valence-corrected chi connectivity index (χ0v) is 19.5. The van der Waals surface area contributed by atoms with Gasteiger partial charge < -0.3 is 24.0 Å². The molecule has 170 valence electrons. The number of carbonyl (C=O) groups is 1. The first-order valence-corrected chi connectivity index (χ1v) is 12.4. The molecule has 1 aromatic rings. The lowest BCUT2D eigenvalue weighted by Gasteiger charge is -2.28. The van der Waals surface area contributed by atoms with Crippen molar-refractivity contribution < 1.29 is 22.1 Å². The Bertz CT molecular complexity index is 803. The number of carbonyl (C=O) groups excluding carboxylic acids is 1. The molecule has 1 N–H and O–H groups in total. The summed E-state index contributed by atoms with van der Waals surface area (Å²) in [6.45, 7) is 10.8. The smallest absolute Gasteiger partial charge is 0.317 e. The zero-order valence-electron chi connectivity index (χ0n) is 18.7. The van der Waals surface area contributed by atoms with Crippen LogP contribution in [-0.4, -0.2) is 64.0 Å². The van der Waals surface area contributed by atoms with E-state index >= 15 is 0 Å². The Morgan fingerprint density at radius 1 is 1.30 bits per heavy atom. The van der Waals surface area contributed by atoms with Crippen molar-refractivity contribution in [1.29, 1.82) is 0 Å². The molecular weight excluding hydrogens is 406 g/mol. The maximum atomic E-state index is 12.8. The number of hydrogen-bond donors (Lipinski definition) is 1. The molecule has 9 heteroatoms. The molecule has 0 bridgehead atoms. The van der Waals surface area contributed by atoms with Crippen molar-refractivity contribution in [3.05, 3.63) is 23.8 Å². The highest BCUT2D eigenvalue weighted by Gasteiger charge is 2.25. The van der Waals surface area contributed by atoms with E-state index in [9.17, 15) is 13.2 Å². The molecule has 1 aliphatic heterocycles. The Balaban J connectivity index is 2.34. The molecular formula is C21H35N3O5S. The van der Waals surface area contributed by atoms with Gasteiger partial charge in [-0.3, -0.25) is 0 Å². The number of benzene rings is 1. The van der Waals surface area contributed by atoms with Crippen LogP contribution in [0.15, 0.2) is 18.2 Å². The summed E-state index contributed by atoms with van der Waals surface area (Å²) in [7, 11) is -3.72. The lowest BCUT2D eigenvalue weighted by atomic mass is 10.1. The second kappa shape index (κ2) is 10.9. The van der Waals surface area contributed by atoms with E-state index in [-0.39, 0.29) is 30.5 Å². The van der Waals surface area contributed by atoms with Gasteiger partial charge in [0.05, 0.1) is 18.9 Å². The molecule has 1 aliphatic rings. The van der Waals surface area contributed by atoms with Gasteiger partial charge in [-0.15, -0.1) is 0 Å². The van der Waals surface area contributed by atoms with Crippen molar-refractivity contribution in [2.24, 2.45) is 0 Å². The van der Waals surface area contributed by atoms with Gasteiger partial charge in [-0.1, -0.05) is 6.07 Å². The Morgan fingerprint density at radius 3 is 2.53 bits per heavy atom. The number of amides is 2. The number of hydrogen-bond acceptors (Lipinski definition) is 6. The highest BCUT2D eigenvalue weighted by molar-refractivity contribution is 7.86. The van der Waals surface area contributed by atoms with Crippen LogP contribution in [0.3, 0.4) is 0 Å². The van der Waals surface area contributed by atoms with Crippen LogP contribution < -0.4 is 14.4 Å². The second-order valence-corrected chi connectivity index (χ2v) is 9.45. The van der Waals surface area contributed by atoms with Crippen molar-refractivity contribution >= 4 is 21.8 Å². The van der Waals surface area contributed by atoms with Gasteiger partial charge in [0.25, 0.3) is 0 Å². The Hall–Kier alpha value is -2.00. The molecule has 0 spiro atoms. The molecule has 2 rings (SSSR count). The lowest BCUT2D eigenvalue weighted by molar-refractivity contribution is 0.0790. The summed E-state index contributed by atoms with van der Waals surface area (Å²) in [5.74, 6) is 0.247. The maximum Gasteiger partial charge on any atom is 0.317 e. The standard InChI is InChI=1S/C21H35N3O5S/c1-6-23(7-2)18-11-10-17(20(13-18)29-30(5,26)27)14-24(21(25)22-16(3)4)15-19-9-8-12-28-19/h10-11,13,16,19H,6-9,12,14-15H2,1-5H3,(H,22,25)/t19-/m0/s1. The molecule has 1 fully saturated rings. The van der Waals surface area contributed by atoms with E-state index in [1.807, 2.05) is 39.8 Å². The van der Waals surface area contributed by atoms with Crippen molar-refractivity contribution in [2.45, 2.75) is 59.2 Å². The fourth-order valence-corrected chi connectivity index (χ4v) is 3.98. The van der Waals surface area contributed by atoms with E-state index in [0.717, 1.165) is 37.9 Å². The Morgan fingerprint density at radius 2 is 2.00 bits per heavy atom. The van der Waals surface area contributed by atoms with Gasteiger partial charge in [0.2, 0.25) is 0 Å². The van der Waals surface area contributed by atoms with E-state index in [0.29, 0.717) is 18.7 Å². The fraction of sp³-hybridized carbons (Fsp3) is 0.667. The molecule has 0 aromatic heterocycles. The number of ether oxygens (including phenoxy) is 1. The summed E-state index contributed by atoms with van der Waals surface area (Å²) in [6.07, 6.45) is 2.89. The van der Waals surface area contributed by atoms with Gasteiger partial charge >= 0.3 is 16.1 Å². The van der Waals surface area contributed by atoms with E-state index in [2.05, 4.69) is 10.2 Å². The summed E-state index contributed by atoms with van der Waals surface area (Å²) in [5.41, 5.74) is 1.51. The maximum absolute atomic E-state index is 12.8. The number of urea groups is 1. The van der Waals surface area contributed by atoms with Crippen LogP contribution >= 0.6 is 0 Å². The fourth-order valence-electron chi connectivity index (χ4n) is 3.50. The Kier molecular flexibility index (Phi) is 8.78. The van der Waals surface area contributed by atoms with E-state index in [4.69, 9.17) is 8.92 Å². The zero-order chi connectivity index (χ0) is 22.3. The normalized spacial score (nSPS) is 16.5. The summed E-state index contributed by atoms with van der Waals surface area (Å²) < 4.78 is 34.7. The minimum absolute atomic E-state index is 0.0127. The van der Waals surface area contributed by atoms with E-state index in [1.165, 1.54) is 0 Å². The molecule has 0 aliphatic carbocycles. The quantitative estimate of drug-likeness (QED) is 0.562. The largest absolute Gasteiger partial charge is 0.382 e. The van der Waals surface area contributed by atoms with Crippen LogP contribution in [0.5, 0.6) is 5.75 Å². The molecule has 1 atom stereocenters. The number of anilines is 1. The van der Waals surface area contributed by atoms with Crippen LogP contribution in [-0.2, 0) is 21.4 Å². The first-order chi connectivity index (χ1) is 14.1. The molecule has 8 nitrogen and oxygen atoms in total. The van der Waals surface area contributed by atoms with Crippen LogP contribution in [0.4, 0.5) is 10.5 Å². The second-order valence-electron chi connectivity index (χ2n) is 7.87. The number of rotatable bonds is 10. The van der Waals surface area contributed by atoms with Gasteiger partial charge in [-0.2, -0.15) is 8.42 Å². The van der Waals surface area contributed by atoms with Crippen LogP contribution in [0.1, 0.15) is 46.1 Å². The summed E-state index contributed by atoms with van der Waals surface area (Å²) >= 11 is 0. The van der Waals surface area contributed by atoms with Gasteiger partial charge in [0.1, 0.15) is 5.75 Å². The average Bonchev–Trinajstić information content (AvgIpc) is 3.15. The molecule has 30 heavy (non-hydrogen) atoms. The minimum Gasteiger partial charge on any atom is -0.382 e. The minimum atomic E-state index is -3.72. The highest BCUT2D eigenvalue weighted by Crippen LogP contribution is 2.29. The SMILES string of the molecule is CCN(CC)c1ccc(CN(C[C@@H]2CCCO2)C(=O)NC(C)C)c(OS(C)(=O)=O)c1. The van der Waals surface area contributed by atoms with Crippen molar-refractivity contribution in [2.75, 3.05) is 37.4 Å². The summed E-state index contributed by atoms with van der Waals surface area (Å²) in [6, 6.07) is 5.27. The molecule has 2 amide bonds. The third-order valence-corrected chi connectivity index (χ3v) is 5.41. The third-order valence-electron chi connectivity index (χ3n) is 4.93. The number of nitrogens with one attached hydrogen (secondary N) is 1. The molecule has 1 saturated heterocycles. The van der Waals surface area contributed by atoms with Crippen molar-refractivity contribution in [3.63, 3.8) is 0 Å². The van der Waals surface area contributed by atoms with E-state index in [1.54, 1.807) is 11.0 Å². The molecule has 0 radical (unpaired) electrons. The first-order valence-electron chi connectivity index (χ1n) is 10.6. The third kappa shape index (κ3) is 7.36. The predicted molar refractivity (Wildman–Crippen MR) is 119 cm³/mol. The topological polar surface area (TPSA) is 88.2 Å². The summed E-state index contributed by atoms with van der Waals surface area (Å²) in [5, 5.41) is 2.92. The highest BCUT2D eigenvalue weighted by atomic mass is 32.2. The van der Waals surface area contributed by atoms with Crippen LogP contribution in [0.25, 0.3) is 0 Å². The Labute approximate surface area is 180 Å². The van der Waals surface area contributed by atoms with Crippen LogP contribution in [0, 0.1) is 0 Å². The first kappa shape index (κ1) is 24.3. The molecule has 0 unspecified atom stereocenters. The van der Waals surface area contributed by atoms with Crippen molar-refractivity contribution in [1.82, 2.24) is 10.2 Å². The number of nitrogens with zero attached hydrogens (tertiary/aromatic N) is 2. The summed E-state index contributed by atoms with van der Waals surface area (Å²) in [4.78, 5) is 16.6. The predicted octanol–water partition coefficient (Wildman–Crippen LogP) is 2.97. The van der Waals surface area contributed by atoms with Crippen molar-refractivity contribution in [3.8, 4) is 5.75 Å². The van der Waals surface area contributed by atoms with Gasteiger partial charge in [0.15, 0.2) is 0 Å². The molecule has 1 aromatic carbocycles. The average molecular weight is 442 g/mol. The molecule has 1 heterocycles. The van der Waals surface area contributed by atoms with E-state index < -0.39 is 10.1 Å². The van der Waals surface area contributed by atoms with Gasteiger partial charge in [-0.05, 0) is 46.6 Å². The monoisotopic (exact) mass is 441 g/mol. The van der Waals surface area contributed by atoms with Gasteiger partial charge in [-0.25, -0.2) is 4.79 Å². The van der Waals surface area contributed by atoms with Crippen LogP contribution in [0.2, 0.25) is 0 Å². The molecule has 0 saturated carbocycles.